The van der Waals surface area contributed by atoms with Crippen molar-refractivity contribution >= 4 is 17.3 Å². The van der Waals surface area contributed by atoms with Gasteiger partial charge in [-0.25, -0.2) is 0 Å². The number of aliphatic hydroxyl groups is 1. The molecule has 1 saturated carbocycles. The Morgan fingerprint density at radius 2 is 2.05 bits per heavy atom. The third kappa shape index (κ3) is 2.72. The molecule has 1 aromatic carbocycles. The molecule has 1 aliphatic carbocycles. The van der Waals surface area contributed by atoms with Gasteiger partial charge in [-0.15, -0.1) is 0 Å². The van der Waals surface area contributed by atoms with Crippen molar-refractivity contribution in [2.75, 3.05) is 10.6 Å². The van der Waals surface area contributed by atoms with Gasteiger partial charge >= 0.3 is 0 Å². The number of nitrogens with one attached hydrogen (secondary N) is 2. The zero-order valence-electron chi connectivity index (χ0n) is 11.6. The van der Waals surface area contributed by atoms with Crippen molar-refractivity contribution in [1.29, 1.82) is 0 Å². The van der Waals surface area contributed by atoms with Gasteiger partial charge in [0.25, 0.3) is 5.91 Å². The van der Waals surface area contributed by atoms with Gasteiger partial charge in [0.2, 0.25) is 0 Å². The maximum Gasteiger partial charge on any atom is 0.265 e. The average Bonchev–Trinajstić information content (AvgIpc) is 2.43. The molecule has 3 rings (SSSR count). The fourth-order valence-electron chi connectivity index (χ4n) is 2.75. The van der Waals surface area contributed by atoms with E-state index in [0.29, 0.717) is 17.5 Å². The van der Waals surface area contributed by atoms with Gasteiger partial charge in [-0.05, 0) is 50.8 Å². The van der Waals surface area contributed by atoms with Crippen LogP contribution in [-0.4, -0.2) is 29.3 Å². The van der Waals surface area contributed by atoms with Crippen LogP contribution in [0.1, 0.15) is 32.6 Å². The van der Waals surface area contributed by atoms with Crippen LogP contribution in [0.2, 0.25) is 0 Å². The molecule has 0 spiro atoms. The highest BCUT2D eigenvalue weighted by atomic mass is 16.5. The van der Waals surface area contributed by atoms with Crippen molar-refractivity contribution in [3.05, 3.63) is 18.2 Å². The van der Waals surface area contributed by atoms with Crippen molar-refractivity contribution in [2.45, 2.75) is 50.9 Å². The summed E-state index contributed by atoms with van der Waals surface area (Å²) in [5, 5.41) is 15.8. The van der Waals surface area contributed by atoms with Crippen LogP contribution in [0.3, 0.4) is 0 Å². The number of carbonyl (C=O) groups excluding carboxylic acids is 1. The summed E-state index contributed by atoms with van der Waals surface area (Å²) in [4.78, 5) is 11.6. The number of anilines is 2. The minimum absolute atomic E-state index is 0.115. The van der Waals surface area contributed by atoms with Gasteiger partial charge in [-0.2, -0.15) is 0 Å². The first-order chi connectivity index (χ1) is 9.61. The highest BCUT2D eigenvalue weighted by Crippen LogP contribution is 2.33. The van der Waals surface area contributed by atoms with Gasteiger partial charge in [-0.1, -0.05) is 0 Å². The van der Waals surface area contributed by atoms with Crippen molar-refractivity contribution < 1.29 is 14.6 Å². The number of amides is 1. The van der Waals surface area contributed by atoms with Crippen molar-refractivity contribution in [3.63, 3.8) is 0 Å². The van der Waals surface area contributed by atoms with E-state index in [1.54, 1.807) is 6.92 Å². The minimum Gasteiger partial charge on any atom is -0.479 e. The summed E-state index contributed by atoms with van der Waals surface area (Å²) in [6.45, 7) is 1.73. The molecule has 1 atom stereocenters. The van der Waals surface area contributed by atoms with Crippen molar-refractivity contribution in [2.24, 2.45) is 0 Å². The second-order valence-corrected chi connectivity index (χ2v) is 5.61. The molecule has 0 aromatic heterocycles. The molecular weight excluding hydrogens is 256 g/mol. The largest absolute Gasteiger partial charge is 0.479 e. The summed E-state index contributed by atoms with van der Waals surface area (Å²) in [7, 11) is 0. The number of aliphatic hydroxyl groups excluding tert-OH is 1. The molecule has 1 heterocycles. The van der Waals surface area contributed by atoms with Gasteiger partial charge in [0.05, 0.1) is 11.8 Å². The van der Waals surface area contributed by atoms with E-state index in [-0.39, 0.29) is 12.0 Å². The molecule has 1 aromatic rings. The molecule has 1 unspecified atom stereocenters. The Balaban J connectivity index is 1.69. The summed E-state index contributed by atoms with van der Waals surface area (Å²) < 4.78 is 5.53. The number of benzene rings is 1. The van der Waals surface area contributed by atoms with Crippen LogP contribution in [0.4, 0.5) is 11.4 Å². The predicted octanol–water partition coefficient (Wildman–Crippen LogP) is 2.12. The van der Waals surface area contributed by atoms with Crippen molar-refractivity contribution in [1.82, 2.24) is 0 Å². The smallest absolute Gasteiger partial charge is 0.265 e. The molecule has 0 saturated heterocycles. The van der Waals surface area contributed by atoms with E-state index >= 15 is 0 Å². The molecule has 0 bridgehead atoms. The standard InChI is InChI=1S/C15H20N2O3/c1-9-15(19)17-13-8-11(4-7-14(13)20-9)16-10-2-5-12(18)6-3-10/h4,7-10,12,16,18H,2-3,5-6H2,1H3,(H,17,19). The Morgan fingerprint density at radius 3 is 2.80 bits per heavy atom. The zero-order chi connectivity index (χ0) is 14.1. The first-order valence-electron chi connectivity index (χ1n) is 7.18. The lowest BCUT2D eigenvalue weighted by atomic mass is 9.93. The first-order valence-corrected chi connectivity index (χ1v) is 7.18. The number of hydrogen-bond donors (Lipinski definition) is 3. The first kappa shape index (κ1) is 13.2. The van der Waals surface area contributed by atoms with Gasteiger partial charge in [0, 0.05) is 11.7 Å². The summed E-state index contributed by atoms with van der Waals surface area (Å²) in [6, 6.07) is 6.14. The van der Waals surface area contributed by atoms with Crippen LogP contribution in [0.25, 0.3) is 0 Å². The number of fused-ring (bicyclic) bond motifs is 1. The van der Waals surface area contributed by atoms with Gasteiger partial charge < -0.3 is 20.5 Å². The Kier molecular flexibility index (Phi) is 3.53. The summed E-state index contributed by atoms with van der Waals surface area (Å²) >= 11 is 0. The Hall–Kier alpha value is -1.75. The second kappa shape index (κ2) is 5.32. The summed E-state index contributed by atoms with van der Waals surface area (Å²) in [5.74, 6) is 0.595. The molecule has 3 N–H and O–H groups in total. The lowest BCUT2D eigenvalue weighted by Crippen LogP contribution is -2.34. The van der Waals surface area contributed by atoms with Crippen LogP contribution >= 0.6 is 0 Å². The van der Waals surface area contributed by atoms with Crippen LogP contribution < -0.4 is 15.4 Å². The molecule has 1 amide bonds. The Labute approximate surface area is 118 Å². The van der Waals surface area contributed by atoms with Gasteiger partial charge in [0.1, 0.15) is 5.75 Å². The highest BCUT2D eigenvalue weighted by molar-refractivity contribution is 5.98. The van der Waals surface area contributed by atoms with E-state index in [1.807, 2.05) is 18.2 Å². The lowest BCUT2D eigenvalue weighted by molar-refractivity contribution is -0.122. The number of carbonyl (C=O) groups is 1. The molecular formula is C15H20N2O3. The summed E-state index contributed by atoms with van der Waals surface area (Å²) in [5.41, 5.74) is 1.69. The van der Waals surface area contributed by atoms with E-state index in [0.717, 1.165) is 31.4 Å². The minimum atomic E-state index is -0.443. The normalized spacial score (nSPS) is 29.1. The molecule has 0 radical (unpaired) electrons. The highest BCUT2D eigenvalue weighted by Gasteiger charge is 2.24. The van der Waals surface area contributed by atoms with E-state index in [1.165, 1.54) is 0 Å². The maximum absolute atomic E-state index is 11.6. The maximum atomic E-state index is 11.6. The fourth-order valence-corrected chi connectivity index (χ4v) is 2.75. The van der Waals surface area contributed by atoms with E-state index < -0.39 is 6.10 Å². The molecule has 1 fully saturated rings. The zero-order valence-corrected chi connectivity index (χ0v) is 11.6. The molecule has 1 aliphatic heterocycles. The molecule has 5 heteroatoms. The van der Waals surface area contributed by atoms with Crippen molar-refractivity contribution in [3.8, 4) is 5.75 Å². The average molecular weight is 276 g/mol. The van der Waals surface area contributed by atoms with Crippen LogP contribution in [0.5, 0.6) is 5.75 Å². The molecule has 108 valence electrons. The fraction of sp³-hybridized carbons (Fsp3) is 0.533. The number of ether oxygens (including phenoxy) is 1. The topological polar surface area (TPSA) is 70.6 Å². The molecule has 2 aliphatic rings. The van der Waals surface area contributed by atoms with E-state index in [9.17, 15) is 9.90 Å². The third-order valence-electron chi connectivity index (χ3n) is 3.98. The Morgan fingerprint density at radius 1 is 1.30 bits per heavy atom. The lowest BCUT2D eigenvalue weighted by Gasteiger charge is -2.28. The monoisotopic (exact) mass is 276 g/mol. The van der Waals surface area contributed by atoms with E-state index in [4.69, 9.17) is 4.74 Å². The van der Waals surface area contributed by atoms with Crippen LogP contribution in [-0.2, 0) is 4.79 Å². The molecule has 5 nitrogen and oxygen atoms in total. The Bertz CT molecular complexity index is 510. The quantitative estimate of drug-likeness (QED) is 0.774. The van der Waals surface area contributed by atoms with E-state index in [2.05, 4.69) is 10.6 Å². The predicted molar refractivity (Wildman–Crippen MR) is 77.0 cm³/mol. The number of hydrogen-bond acceptors (Lipinski definition) is 4. The van der Waals surface area contributed by atoms with Gasteiger partial charge in [0.15, 0.2) is 6.10 Å². The molecule has 20 heavy (non-hydrogen) atoms. The SMILES string of the molecule is CC1Oc2ccc(NC3CCC(O)CC3)cc2NC1=O. The third-order valence-corrected chi connectivity index (χ3v) is 3.98. The number of rotatable bonds is 2. The van der Waals surface area contributed by atoms with Crippen LogP contribution in [0, 0.1) is 0 Å². The second-order valence-electron chi connectivity index (χ2n) is 5.61. The summed E-state index contributed by atoms with van der Waals surface area (Å²) in [6.07, 6.45) is 3.04. The van der Waals surface area contributed by atoms with Crippen LogP contribution in [0.15, 0.2) is 18.2 Å². The van der Waals surface area contributed by atoms with Gasteiger partial charge in [-0.3, -0.25) is 4.79 Å².